The molecular formula is C18H19N3O2S. The fourth-order valence-corrected chi connectivity index (χ4v) is 3.40. The number of hydrogen-bond donors (Lipinski definition) is 1. The molecule has 6 heteroatoms. The SMILES string of the molecule is CN(C)CC#CC(=O)N1CC(NC(=O)c2cc3ccccc3s2)C1. The highest BCUT2D eigenvalue weighted by Crippen LogP contribution is 2.25. The van der Waals surface area contributed by atoms with Crippen molar-refractivity contribution in [2.75, 3.05) is 33.7 Å². The van der Waals surface area contributed by atoms with E-state index in [1.807, 2.05) is 49.3 Å². The van der Waals surface area contributed by atoms with Crippen LogP contribution >= 0.6 is 11.3 Å². The second-order valence-corrected chi connectivity index (χ2v) is 7.15. The number of thiophene rings is 1. The van der Waals surface area contributed by atoms with E-state index in [1.54, 1.807) is 4.90 Å². The van der Waals surface area contributed by atoms with Crippen LogP contribution in [0.1, 0.15) is 9.67 Å². The van der Waals surface area contributed by atoms with Crippen LogP contribution in [0, 0.1) is 11.8 Å². The maximum absolute atomic E-state index is 12.3. The second kappa shape index (κ2) is 7.04. The lowest BCUT2D eigenvalue weighted by atomic mass is 10.1. The molecule has 0 atom stereocenters. The van der Waals surface area contributed by atoms with Gasteiger partial charge in [0.25, 0.3) is 11.8 Å². The highest BCUT2D eigenvalue weighted by molar-refractivity contribution is 7.20. The third kappa shape index (κ3) is 3.75. The summed E-state index contributed by atoms with van der Waals surface area (Å²) in [7, 11) is 3.81. The average molecular weight is 341 g/mol. The molecule has 3 rings (SSSR count). The first-order valence-electron chi connectivity index (χ1n) is 7.75. The quantitative estimate of drug-likeness (QED) is 0.859. The van der Waals surface area contributed by atoms with Gasteiger partial charge in [0, 0.05) is 17.8 Å². The zero-order valence-electron chi connectivity index (χ0n) is 13.7. The minimum atomic E-state index is -0.177. The fourth-order valence-electron chi connectivity index (χ4n) is 2.44. The Hall–Kier alpha value is -2.36. The van der Waals surface area contributed by atoms with Crippen molar-refractivity contribution in [2.45, 2.75) is 6.04 Å². The largest absolute Gasteiger partial charge is 0.345 e. The van der Waals surface area contributed by atoms with Crippen LogP contribution in [0.3, 0.4) is 0 Å². The monoisotopic (exact) mass is 341 g/mol. The van der Waals surface area contributed by atoms with Crippen molar-refractivity contribution in [1.29, 1.82) is 0 Å². The van der Waals surface area contributed by atoms with Crippen LogP contribution in [0.25, 0.3) is 10.1 Å². The van der Waals surface area contributed by atoms with Crippen LogP contribution in [-0.4, -0.2) is 61.4 Å². The number of benzene rings is 1. The van der Waals surface area contributed by atoms with Gasteiger partial charge in [-0.15, -0.1) is 11.3 Å². The number of hydrogen-bond acceptors (Lipinski definition) is 4. The lowest BCUT2D eigenvalue weighted by Gasteiger charge is -2.38. The van der Waals surface area contributed by atoms with Gasteiger partial charge in [-0.2, -0.15) is 0 Å². The van der Waals surface area contributed by atoms with Gasteiger partial charge in [0.05, 0.1) is 17.5 Å². The summed E-state index contributed by atoms with van der Waals surface area (Å²) in [5.41, 5.74) is 0. The average Bonchev–Trinajstić information content (AvgIpc) is 2.93. The Morgan fingerprint density at radius 2 is 2.08 bits per heavy atom. The van der Waals surface area contributed by atoms with Crippen LogP contribution in [0.5, 0.6) is 0 Å². The van der Waals surface area contributed by atoms with E-state index >= 15 is 0 Å². The van der Waals surface area contributed by atoms with E-state index in [0.717, 1.165) is 10.1 Å². The Kier molecular flexibility index (Phi) is 4.84. The molecule has 0 spiro atoms. The third-order valence-corrected chi connectivity index (χ3v) is 4.86. The first-order chi connectivity index (χ1) is 11.5. The summed E-state index contributed by atoms with van der Waals surface area (Å²) in [5.74, 6) is 5.20. The van der Waals surface area contributed by atoms with Gasteiger partial charge in [-0.1, -0.05) is 24.1 Å². The minimum absolute atomic E-state index is 0.00214. The molecule has 1 N–H and O–H groups in total. The van der Waals surface area contributed by atoms with Crippen molar-refractivity contribution in [3.63, 3.8) is 0 Å². The van der Waals surface area contributed by atoms with Gasteiger partial charge < -0.3 is 10.2 Å². The highest BCUT2D eigenvalue weighted by Gasteiger charge is 2.31. The maximum atomic E-state index is 12.3. The van der Waals surface area contributed by atoms with Crippen molar-refractivity contribution >= 4 is 33.2 Å². The van der Waals surface area contributed by atoms with Crippen LogP contribution in [0.2, 0.25) is 0 Å². The molecule has 124 valence electrons. The second-order valence-electron chi connectivity index (χ2n) is 6.07. The molecule has 2 heterocycles. The predicted molar refractivity (Wildman–Crippen MR) is 96.0 cm³/mol. The van der Waals surface area contributed by atoms with Crippen LogP contribution < -0.4 is 5.32 Å². The van der Waals surface area contributed by atoms with Crippen molar-refractivity contribution in [3.05, 3.63) is 35.2 Å². The number of carbonyl (C=O) groups excluding carboxylic acids is 2. The number of amides is 2. The molecular weight excluding hydrogens is 322 g/mol. The zero-order valence-corrected chi connectivity index (χ0v) is 14.5. The Balaban J connectivity index is 1.50. The van der Waals surface area contributed by atoms with Gasteiger partial charge in [-0.25, -0.2) is 0 Å². The van der Waals surface area contributed by atoms with Gasteiger partial charge in [-0.05, 0) is 37.5 Å². The summed E-state index contributed by atoms with van der Waals surface area (Å²) in [5, 5.41) is 4.05. The summed E-state index contributed by atoms with van der Waals surface area (Å²) >= 11 is 1.48. The first kappa shape index (κ1) is 16.5. The summed E-state index contributed by atoms with van der Waals surface area (Å²) in [6.45, 7) is 1.60. The van der Waals surface area contributed by atoms with E-state index in [2.05, 4.69) is 17.2 Å². The van der Waals surface area contributed by atoms with Crippen molar-refractivity contribution in [1.82, 2.24) is 15.1 Å². The molecule has 0 aliphatic carbocycles. The third-order valence-electron chi connectivity index (χ3n) is 3.74. The molecule has 24 heavy (non-hydrogen) atoms. The van der Waals surface area contributed by atoms with Gasteiger partial charge >= 0.3 is 0 Å². The van der Waals surface area contributed by atoms with E-state index in [1.165, 1.54) is 11.3 Å². The Labute approximate surface area is 145 Å². The molecule has 0 bridgehead atoms. The summed E-state index contributed by atoms with van der Waals surface area (Å²) < 4.78 is 1.10. The van der Waals surface area contributed by atoms with E-state index < -0.39 is 0 Å². The van der Waals surface area contributed by atoms with E-state index in [9.17, 15) is 9.59 Å². The topological polar surface area (TPSA) is 52.7 Å². The Bertz CT molecular complexity index is 792. The summed E-state index contributed by atoms with van der Waals surface area (Å²) in [4.78, 5) is 28.4. The molecule has 1 aliphatic rings. The molecule has 1 saturated heterocycles. The summed E-state index contributed by atoms with van der Waals surface area (Å²) in [6, 6.07) is 9.84. The number of nitrogens with zero attached hydrogens (tertiary/aromatic N) is 2. The van der Waals surface area contributed by atoms with Gasteiger partial charge in [0.2, 0.25) is 0 Å². The standard InChI is InChI=1S/C18H19N3O2S/c1-20(2)9-5-8-17(22)21-11-14(12-21)19-18(23)16-10-13-6-3-4-7-15(13)24-16/h3-4,6-7,10,14H,9,11-12H2,1-2H3,(H,19,23). The fraction of sp³-hybridized carbons (Fsp3) is 0.333. The molecule has 0 saturated carbocycles. The smallest absolute Gasteiger partial charge is 0.298 e. The Morgan fingerprint density at radius 1 is 1.33 bits per heavy atom. The molecule has 2 aromatic rings. The zero-order chi connectivity index (χ0) is 17.1. The number of fused-ring (bicyclic) bond motifs is 1. The number of likely N-dealkylation sites (tertiary alicyclic amines) is 1. The molecule has 1 aromatic carbocycles. The van der Waals surface area contributed by atoms with Gasteiger partial charge in [0.15, 0.2) is 0 Å². The number of rotatable bonds is 3. The van der Waals surface area contributed by atoms with E-state index in [0.29, 0.717) is 24.5 Å². The lowest BCUT2D eigenvalue weighted by Crippen LogP contribution is -2.60. The van der Waals surface area contributed by atoms with Crippen LogP contribution in [0.4, 0.5) is 0 Å². The molecule has 1 aliphatic heterocycles. The molecule has 1 fully saturated rings. The Morgan fingerprint density at radius 3 is 2.79 bits per heavy atom. The van der Waals surface area contributed by atoms with Gasteiger partial charge in [-0.3, -0.25) is 14.5 Å². The molecule has 2 amide bonds. The minimum Gasteiger partial charge on any atom is -0.345 e. The van der Waals surface area contributed by atoms with Gasteiger partial charge in [0.1, 0.15) is 0 Å². The molecule has 1 aromatic heterocycles. The van der Waals surface area contributed by atoms with Crippen LogP contribution in [-0.2, 0) is 4.79 Å². The normalized spacial score (nSPS) is 14.2. The predicted octanol–water partition coefficient (Wildman–Crippen LogP) is 1.41. The molecule has 5 nitrogen and oxygen atoms in total. The lowest BCUT2D eigenvalue weighted by molar-refractivity contribution is -0.129. The van der Waals surface area contributed by atoms with E-state index in [4.69, 9.17) is 0 Å². The molecule has 0 radical (unpaired) electrons. The highest BCUT2D eigenvalue weighted by atomic mass is 32.1. The molecule has 0 unspecified atom stereocenters. The maximum Gasteiger partial charge on any atom is 0.298 e. The van der Waals surface area contributed by atoms with E-state index in [-0.39, 0.29) is 17.9 Å². The number of nitrogens with one attached hydrogen (secondary N) is 1. The summed E-state index contributed by atoms with van der Waals surface area (Å²) in [6.07, 6.45) is 0. The number of carbonyl (C=O) groups is 2. The van der Waals surface area contributed by atoms with Crippen LogP contribution in [0.15, 0.2) is 30.3 Å². The van der Waals surface area contributed by atoms with Crippen molar-refractivity contribution < 1.29 is 9.59 Å². The first-order valence-corrected chi connectivity index (χ1v) is 8.56. The van der Waals surface area contributed by atoms with Crippen molar-refractivity contribution in [3.8, 4) is 11.8 Å². The van der Waals surface area contributed by atoms with Crippen molar-refractivity contribution in [2.24, 2.45) is 0 Å².